The molecule has 1 aliphatic carbocycles. The Bertz CT molecular complexity index is 600. The fraction of sp³-hybridized carbons (Fsp3) is 0.556. The molecule has 0 saturated heterocycles. The van der Waals surface area contributed by atoms with Gasteiger partial charge in [-0.15, -0.1) is 11.8 Å². The third-order valence-corrected chi connectivity index (χ3v) is 5.64. The number of amides is 1. The summed E-state index contributed by atoms with van der Waals surface area (Å²) < 4.78 is 10.7. The molecule has 1 N–H and O–H groups in total. The lowest BCUT2D eigenvalue weighted by atomic mass is 9.80. The third kappa shape index (κ3) is 4.81. The normalized spacial score (nSPS) is 20.0. The molecule has 0 radical (unpaired) electrons. The molecule has 0 bridgehead atoms. The first kappa shape index (κ1) is 18.5. The van der Waals surface area contributed by atoms with Crippen molar-refractivity contribution >= 4 is 17.7 Å². The molecule has 1 aromatic carbocycles. The van der Waals surface area contributed by atoms with Crippen LogP contribution >= 0.6 is 11.8 Å². The summed E-state index contributed by atoms with van der Waals surface area (Å²) in [4.78, 5) is 13.3. The predicted octanol–water partition coefficient (Wildman–Crippen LogP) is 3.24. The van der Waals surface area contributed by atoms with Crippen molar-refractivity contribution in [1.82, 2.24) is 5.32 Å². The SMILES string of the molecule is COc1ccc(OC)c(SC[C@H]2CCCC[C@H]2C(=O)NCC#N)c1. The van der Waals surface area contributed by atoms with Gasteiger partial charge in [0.25, 0.3) is 0 Å². The van der Waals surface area contributed by atoms with Crippen molar-refractivity contribution in [2.45, 2.75) is 30.6 Å². The van der Waals surface area contributed by atoms with E-state index < -0.39 is 0 Å². The summed E-state index contributed by atoms with van der Waals surface area (Å²) in [5, 5.41) is 11.4. The second kappa shape index (κ2) is 9.43. The first-order chi connectivity index (χ1) is 11.7. The number of ether oxygens (including phenoxy) is 2. The van der Waals surface area contributed by atoms with Crippen LogP contribution in [-0.2, 0) is 4.79 Å². The molecule has 130 valence electrons. The van der Waals surface area contributed by atoms with E-state index in [9.17, 15) is 4.79 Å². The van der Waals surface area contributed by atoms with Gasteiger partial charge in [-0.2, -0.15) is 5.26 Å². The van der Waals surface area contributed by atoms with Crippen LogP contribution in [0.5, 0.6) is 11.5 Å². The van der Waals surface area contributed by atoms with Gasteiger partial charge < -0.3 is 14.8 Å². The number of hydrogen-bond acceptors (Lipinski definition) is 5. The van der Waals surface area contributed by atoms with Gasteiger partial charge in [-0.1, -0.05) is 12.8 Å². The quantitative estimate of drug-likeness (QED) is 0.605. The molecule has 0 spiro atoms. The minimum absolute atomic E-state index is 0.00352. The molecule has 2 atom stereocenters. The first-order valence-electron chi connectivity index (χ1n) is 8.19. The molecule has 0 unspecified atom stereocenters. The molecule has 2 rings (SSSR count). The molecule has 1 fully saturated rings. The van der Waals surface area contributed by atoms with Crippen LogP contribution in [0.3, 0.4) is 0 Å². The number of nitrogens with one attached hydrogen (secondary N) is 1. The van der Waals surface area contributed by atoms with E-state index in [4.69, 9.17) is 14.7 Å². The van der Waals surface area contributed by atoms with Crippen molar-refractivity contribution in [2.24, 2.45) is 11.8 Å². The lowest BCUT2D eigenvalue weighted by Crippen LogP contribution is -2.37. The number of rotatable bonds is 7. The lowest BCUT2D eigenvalue weighted by molar-refractivity contribution is -0.127. The van der Waals surface area contributed by atoms with Crippen molar-refractivity contribution in [3.8, 4) is 17.6 Å². The molecular formula is C18H24N2O3S. The van der Waals surface area contributed by atoms with Crippen LogP contribution in [-0.4, -0.2) is 32.4 Å². The Morgan fingerprint density at radius 2 is 2.12 bits per heavy atom. The molecular weight excluding hydrogens is 324 g/mol. The van der Waals surface area contributed by atoms with E-state index in [1.54, 1.807) is 26.0 Å². The highest BCUT2D eigenvalue weighted by Gasteiger charge is 2.30. The minimum Gasteiger partial charge on any atom is -0.497 e. The molecule has 0 heterocycles. The Balaban J connectivity index is 2.03. The van der Waals surface area contributed by atoms with Gasteiger partial charge >= 0.3 is 0 Å². The van der Waals surface area contributed by atoms with E-state index in [0.29, 0.717) is 5.92 Å². The maximum Gasteiger partial charge on any atom is 0.224 e. The predicted molar refractivity (Wildman–Crippen MR) is 94.3 cm³/mol. The van der Waals surface area contributed by atoms with Gasteiger partial charge in [0.15, 0.2) is 0 Å². The third-order valence-electron chi connectivity index (χ3n) is 4.41. The number of carbonyl (C=O) groups is 1. The Morgan fingerprint density at radius 1 is 1.33 bits per heavy atom. The van der Waals surface area contributed by atoms with Gasteiger partial charge in [-0.05, 0) is 37.0 Å². The molecule has 24 heavy (non-hydrogen) atoms. The van der Waals surface area contributed by atoms with Crippen LogP contribution in [0.4, 0.5) is 0 Å². The van der Waals surface area contributed by atoms with Crippen LogP contribution in [0.2, 0.25) is 0 Å². The van der Waals surface area contributed by atoms with Crippen molar-refractivity contribution in [3.05, 3.63) is 18.2 Å². The van der Waals surface area contributed by atoms with E-state index in [2.05, 4.69) is 5.32 Å². The van der Waals surface area contributed by atoms with Crippen LogP contribution < -0.4 is 14.8 Å². The zero-order valence-electron chi connectivity index (χ0n) is 14.2. The Hall–Kier alpha value is -1.87. The number of benzene rings is 1. The van der Waals surface area contributed by atoms with Gasteiger partial charge in [0.05, 0.1) is 25.2 Å². The fourth-order valence-corrected chi connectivity index (χ4v) is 4.39. The molecule has 1 aromatic rings. The lowest BCUT2D eigenvalue weighted by Gasteiger charge is -2.30. The summed E-state index contributed by atoms with van der Waals surface area (Å²) in [5.74, 6) is 2.80. The monoisotopic (exact) mass is 348 g/mol. The van der Waals surface area contributed by atoms with Crippen molar-refractivity contribution in [2.75, 3.05) is 26.5 Å². The smallest absolute Gasteiger partial charge is 0.224 e. The molecule has 1 saturated carbocycles. The summed E-state index contributed by atoms with van der Waals surface area (Å²) >= 11 is 1.70. The van der Waals surface area contributed by atoms with E-state index >= 15 is 0 Å². The average Bonchev–Trinajstić information content (AvgIpc) is 2.64. The molecule has 6 heteroatoms. The number of thioether (sulfide) groups is 1. The second-order valence-electron chi connectivity index (χ2n) is 5.85. The summed E-state index contributed by atoms with van der Waals surface area (Å²) in [6.07, 6.45) is 4.18. The highest BCUT2D eigenvalue weighted by Crippen LogP contribution is 2.38. The van der Waals surface area contributed by atoms with Crippen molar-refractivity contribution < 1.29 is 14.3 Å². The second-order valence-corrected chi connectivity index (χ2v) is 6.92. The zero-order valence-corrected chi connectivity index (χ0v) is 15.0. The molecule has 1 amide bonds. The zero-order chi connectivity index (χ0) is 17.4. The van der Waals surface area contributed by atoms with E-state index in [0.717, 1.165) is 47.8 Å². The molecule has 0 aliphatic heterocycles. The summed E-state index contributed by atoms with van der Waals surface area (Å²) in [7, 11) is 3.30. The fourth-order valence-electron chi connectivity index (χ4n) is 3.10. The van der Waals surface area contributed by atoms with Crippen LogP contribution in [0.1, 0.15) is 25.7 Å². The largest absolute Gasteiger partial charge is 0.497 e. The van der Waals surface area contributed by atoms with Gasteiger partial charge in [0, 0.05) is 11.7 Å². The van der Waals surface area contributed by atoms with E-state index in [1.165, 1.54) is 0 Å². The van der Waals surface area contributed by atoms with Crippen molar-refractivity contribution in [1.29, 1.82) is 5.26 Å². The van der Waals surface area contributed by atoms with Gasteiger partial charge in [-0.25, -0.2) is 0 Å². The Kier molecular flexibility index (Phi) is 7.26. The van der Waals surface area contributed by atoms with Crippen LogP contribution in [0.15, 0.2) is 23.1 Å². The molecule has 1 aliphatic rings. The van der Waals surface area contributed by atoms with Crippen LogP contribution in [0, 0.1) is 23.2 Å². The Morgan fingerprint density at radius 3 is 2.83 bits per heavy atom. The maximum atomic E-state index is 12.3. The van der Waals surface area contributed by atoms with Gasteiger partial charge in [0.2, 0.25) is 5.91 Å². The number of methoxy groups -OCH3 is 2. The Labute approximate surface area is 147 Å². The minimum atomic E-state index is -0.00352. The van der Waals surface area contributed by atoms with E-state index in [-0.39, 0.29) is 18.4 Å². The summed E-state index contributed by atoms with van der Waals surface area (Å²) in [6, 6.07) is 7.72. The van der Waals surface area contributed by atoms with E-state index in [1.807, 2.05) is 24.3 Å². The average molecular weight is 348 g/mol. The number of hydrogen-bond donors (Lipinski definition) is 1. The molecule has 5 nitrogen and oxygen atoms in total. The molecule has 0 aromatic heterocycles. The van der Waals surface area contributed by atoms with Gasteiger partial charge in [0.1, 0.15) is 18.0 Å². The number of carbonyl (C=O) groups excluding carboxylic acids is 1. The first-order valence-corrected chi connectivity index (χ1v) is 9.17. The number of nitrogens with zero attached hydrogens (tertiary/aromatic N) is 1. The maximum absolute atomic E-state index is 12.3. The number of nitriles is 1. The summed E-state index contributed by atoms with van der Waals surface area (Å²) in [5.41, 5.74) is 0. The topological polar surface area (TPSA) is 71.3 Å². The highest BCUT2D eigenvalue weighted by atomic mass is 32.2. The van der Waals surface area contributed by atoms with Crippen LogP contribution in [0.25, 0.3) is 0 Å². The summed E-state index contributed by atoms with van der Waals surface area (Å²) in [6.45, 7) is 0.0822. The van der Waals surface area contributed by atoms with Gasteiger partial charge in [-0.3, -0.25) is 4.79 Å². The standard InChI is InChI=1S/C18H24N2O3S/c1-22-14-7-8-16(23-2)17(11-14)24-12-13-5-3-4-6-15(13)18(21)20-10-9-19/h7-8,11,13,15H,3-6,10,12H2,1-2H3,(H,20,21)/t13-,15-/m1/s1. The van der Waals surface area contributed by atoms with Crippen molar-refractivity contribution in [3.63, 3.8) is 0 Å². The highest BCUT2D eigenvalue weighted by molar-refractivity contribution is 7.99.